The van der Waals surface area contributed by atoms with Gasteiger partial charge in [0.05, 0.1) is 0 Å². The summed E-state index contributed by atoms with van der Waals surface area (Å²) in [6.45, 7) is 10.6. The topological polar surface area (TPSA) is 15.3 Å². The van der Waals surface area contributed by atoms with Crippen LogP contribution in [0.2, 0.25) is 0 Å². The second-order valence-electron chi connectivity index (χ2n) is 5.30. The first-order chi connectivity index (χ1) is 5.52. The summed E-state index contributed by atoms with van der Waals surface area (Å²) in [5, 5.41) is 3.63. The molecule has 1 aliphatic carbocycles. The highest BCUT2D eigenvalue weighted by Gasteiger charge is 2.47. The van der Waals surface area contributed by atoms with E-state index in [1.165, 1.54) is 32.5 Å². The monoisotopic (exact) mass is 168 g/mol. The molecule has 70 valence electrons. The van der Waals surface area contributed by atoms with Crippen LogP contribution in [0.3, 0.4) is 0 Å². The first kappa shape index (κ1) is 8.52. The molecule has 0 aromatic rings. The quantitative estimate of drug-likeness (QED) is 0.585. The average Bonchev–Trinajstić information content (AvgIpc) is 2.68. The SMILES string of the molecule is CC(C)(C)N1CCNC2(CC2)C1. The molecule has 2 fully saturated rings. The summed E-state index contributed by atoms with van der Waals surface area (Å²) in [5.74, 6) is 0. The second kappa shape index (κ2) is 2.46. The van der Waals surface area contributed by atoms with Crippen LogP contribution in [-0.4, -0.2) is 35.6 Å². The van der Waals surface area contributed by atoms with Gasteiger partial charge >= 0.3 is 0 Å². The highest BCUT2D eigenvalue weighted by atomic mass is 15.3. The minimum Gasteiger partial charge on any atom is -0.309 e. The molecule has 0 atom stereocenters. The number of rotatable bonds is 0. The second-order valence-corrected chi connectivity index (χ2v) is 5.30. The molecule has 1 saturated carbocycles. The molecule has 0 bridgehead atoms. The molecule has 0 aromatic carbocycles. The molecule has 1 heterocycles. The van der Waals surface area contributed by atoms with Gasteiger partial charge < -0.3 is 5.32 Å². The van der Waals surface area contributed by atoms with Crippen molar-refractivity contribution >= 4 is 0 Å². The predicted molar refractivity (Wildman–Crippen MR) is 51.3 cm³/mol. The molecule has 2 rings (SSSR count). The van der Waals surface area contributed by atoms with E-state index in [4.69, 9.17) is 0 Å². The van der Waals surface area contributed by atoms with Crippen molar-refractivity contribution in [2.75, 3.05) is 19.6 Å². The largest absolute Gasteiger partial charge is 0.309 e. The summed E-state index contributed by atoms with van der Waals surface area (Å²) in [5.41, 5.74) is 0.892. The first-order valence-corrected chi connectivity index (χ1v) is 5.02. The van der Waals surface area contributed by atoms with E-state index in [2.05, 4.69) is 31.0 Å². The third-order valence-electron chi connectivity index (χ3n) is 3.18. The lowest BCUT2D eigenvalue weighted by molar-refractivity contribution is 0.0891. The van der Waals surface area contributed by atoms with Crippen molar-refractivity contribution in [2.45, 2.75) is 44.7 Å². The van der Waals surface area contributed by atoms with Gasteiger partial charge in [-0.25, -0.2) is 0 Å². The summed E-state index contributed by atoms with van der Waals surface area (Å²) >= 11 is 0. The van der Waals surface area contributed by atoms with Gasteiger partial charge in [-0.2, -0.15) is 0 Å². The lowest BCUT2D eigenvalue weighted by atomic mass is 10.0. The number of hydrogen-bond acceptors (Lipinski definition) is 2. The third kappa shape index (κ3) is 1.50. The van der Waals surface area contributed by atoms with E-state index < -0.39 is 0 Å². The number of nitrogens with one attached hydrogen (secondary N) is 1. The maximum atomic E-state index is 3.63. The van der Waals surface area contributed by atoms with Crippen LogP contribution in [-0.2, 0) is 0 Å². The van der Waals surface area contributed by atoms with Gasteiger partial charge in [-0.05, 0) is 33.6 Å². The molecule has 1 spiro atoms. The van der Waals surface area contributed by atoms with Gasteiger partial charge in [0.1, 0.15) is 0 Å². The summed E-state index contributed by atoms with van der Waals surface area (Å²) in [6.07, 6.45) is 2.78. The molecule has 0 aromatic heterocycles. The van der Waals surface area contributed by atoms with E-state index in [9.17, 15) is 0 Å². The van der Waals surface area contributed by atoms with Crippen LogP contribution in [0, 0.1) is 0 Å². The fraction of sp³-hybridized carbons (Fsp3) is 1.00. The van der Waals surface area contributed by atoms with E-state index >= 15 is 0 Å². The fourth-order valence-corrected chi connectivity index (χ4v) is 2.01. The lowest BCUT2D eigenvalue weighted by Crippen LogP contribution is -2.57. The molecule has 2 aliphatic rings. The Morgan fingerprint density at radius 1 is 1.25 bits per heavy atom. The molecule has 12 heavy (non-hydrogen) atoms. The summed E-state index contributed by atoms with van der Waals surface area (Å²) in [6, 6.07) is 0. The Balaban J connectivity index is 1.99. The highest BCUT2D eigenvalue weighted by Crippen LogP contribution is 2.38. The number of nitrogens with zero attached hydrogens (tertiary/aromatic N) is 1. The van der Waals surface area contributed by atoms with Crippen LogP contribution in [0.1, 0.15) is 33.6 Å². The van der Waals surface area contributed by atoms with Gasteiger partial charge in [-0.3, -0.25) is 4.90 Å². The molecular formula is C10H20N2. The smallest absolute Gasteiger partial charge is 0.0310 e. The zero-order valence-electron chi connectivity index (χ0n) is 8.48. The molecule has 2 nitrogen and oxygen atoms in total. The van der Waals surface area contributed by atoms with Gasteiger partial charge in [-0.15, -0.1) is 0 Å². The van der Waals surface area contributed by atoms with E-state index in [0.29, 0.717) is 11.1 Å². The lowest BCUT2D eigenvalue weighted by Gasteiger charge is -2.42. The summed E-state index contributed by atoms with van der Waals surface area (Å²) < 4.78 is 0. The summed E-state index contributed by atoms with van der Waals surface area (Å²) in [4.78, 5) is 2.61. The number of hydrogen-bond donors (Lipinski definition) is 1. The Kier molecular flexibility index (Phi) is 1.74. The van der Waals surface area contributed by atoms with Gasteiger partial charge in [0, 0.05) is 30.7 Å². The number of piperazine rings is 1. The molecule has 2 heteroatoms. The Morgan fingerprint density at radius 3 is 2.42 bits per heavy atom. The zero-order valence-corrected chi connectivity index (χ0v) is 8.48. The van der Waals surface area contributed by atoms with E-state index in [1.807, 2.05) is 0 Å². The molecule has 0 unspecified atom stereocenters. The third-order valence-corrected chi connectivity index (χ3v) is 3.18. The normalized spacial score (nSPS) is 29.2. The molecular weight excluding hydrogens is 148 g/mol. The maximum Gasteiger partial charge on any atom is 0.0310 e. The van der Waals surface area contributed by atoms with Crippen molar-refractivity contribution < 1.29 is 0 Å². The average molecular weight is 168 g/mol. The zero-order chi connectivity index (χ0) is 8.82. The fourth-order valence-electron chi connectivity index (χ4n) is 2.01. The summed E-state index contributed by atoms with van der Waals surface area (Å²) in [7, 11) is 0. The van der Waals surface area contributed by atoms with Crippen LogP contribution in [0.25, 0.3) is 0 Å². The van der Waals surface area contributed by atoms with Crippen molar-refractivity contribution in [1.82, 2.24) is 10.2 Å². The van der Waals surface area contributed by atoms with Crippen LogP contribution in [0.5, 0.6) is 0 Å². The van der Waals surface area contributed by atoms with E-state index in [1.54, 1.807) is 0 Å². The Morgan fingerprint density at radius 2 is 1.92 bits per heavy atom. The molecule has 1 N–H and O–H groups in total. The highest BCUT2D eigenvalue weighted by molar-refractivity contribution is 5.07. The molecule has 0 radical (unpaired) electrons. The van der Waals surface area contributed by atoms with E-state index in [0.717, 1.165) is 0 Å². The Hall–Kier alpha value is -0.0800. The van der Waals surface area contributed by atoms with Gasteiger partial charge in [-0.1, -0.05) is 0 Å². The van der Waals surface area contributed by atoms with Crippen molar-refractivity contribution in [3.05, 3.63) is 0 Å². The first-order valence-electron chi connectivity index (χ1n) is 5.02. The van der Waals surface area contributed by atoms with E-state index in [-0.39, 0.29) is 0 Å². The van der Waals surface area contributed by atoms with Gasteiger partial charge in [0.15, 0.2) is 0 Å². The van der Waals surface area contributed by atoms with Gasteiger partial charge in [0.2, 0.25) is 0 Å². The molecule has 0 amide bonds. The standard InChI is InChI=1S/C10H20N2/c1-9(2,3)12-7-6-11-10(8-12)4-5-10/h11H,4-8H2,1-3H3. The van der Waals surface area contributed by atoms with Crippen molar-refractivity contribution in [3.8, 4) is 0 Å². The van der Waals surface area contributed by atoms with Gasteiger partial charge in [0.25, 0.3) is 0 Å². The van der Waals surface area contributed by atoms with Crippen LogP contribution in [0.4, 0.5) is 0 Å². The van der Waals surface area contributed by atoms with Crippen molar-refractivity contribution in [1.29, 1.82) is 0 Å². The Labute approximate surface area is 75.3 Å². The Bertz CT molecular complexity index is 177. The molecule has 1 aliphatic heterocycles. The van der Waals surface area contributed by atoms with Crippen molar-refractivity contribution in [3.63, 3.8) is 0 Å². The van der Waals surface area contributed by atoms with Crippen molar-refractivity contribution in [2.24, 2.45) is 0 Å². The van der Waals surface area contributed by atoms with Crippen LogP contribution in [0.15, 0.2) is 0 Å². The minimum atomic E-state index is 0.359. The molecule has 1 saturated heterocycles. The van der Waals surface area contributed by atoms with Crippen LogP contribution < -0.4 is 5.32 Å². The minimum absolute atomic E-state index is 0.359. The maximum absolute atomic E-state index is 3.63. The van der Waals surface area contributed by atoms with Crippen LogP contribution >= 0.6 is 0 Å². The predicted octanol–water partition coefficient (Wildman–Crippen LogP) is 1.22.